The van der Waals surface area contributed by atoms with Crippen LogP contribution in [0.25, 0.3) is 0 Å². The van der Waals surface area contributed by atoms with Crippen molar-refractivity contribution in [1.29, 1.82) is 0 Å². The van der Waals surface area contributed by atoms with E-state index in [1.807, 2.05) is 0 Å². The van der Waals surface area contributed by atoms with Gasteiger partial charge in [-0.25, -0.2) is 4.79 Å². The maximum Gasteiger partial charge on any atom is 0.337 e. The van der Waals surface area contributed by atoms with E-state index in [4.69, 9.17) is 16.7 Å². The number of rotatable bonds is 4. The summed E-state index contributed by atoms with van der Waals surface area (Å²) in [6.45, 7) is 0.112. The van der Waals surface area contributed by atoms with Gasteiger partial charge in [0.2, 0.25) is 0 Å². The molecule has 0 saturated carbocycles. The number of hydrogen-bond acceptors (Lipinski definition) is 5. The Labute approximate surface area is 103 Å². The van der Waals surface area contributed by atoms with Crippen molar-refractivity contribution in [3.63, 3.8) is 0 Å². The Balaban J connectivity index is 3.11. The number of halogens is 1. The zero-order valence-electron chi connectivity index (χ0n) is 9.18. The fraction of sp³-hybridized carbons (Fsp3) is 0.273. The van der Waals surface area contributed by atoms with E-state index in [0.717, 1.165) is 0 Å². The SMILES string of the molecule is COC(=O)c1cc(Cl)c(O)c(/C=N/CCO)c1. The van der Waals surface area contributed by atoms with Crippen LogP contribution in [0, 0.1) is 0 Å². The molecule has 0 aromatic heterocycles. The highest BCUT2D eigenvalue weighted by atomic mass is 35.5. The van der Waals surface area contributed by atoms with E-state index in [1.165, 1.54) is 25.5 Å². The summed E-state index contributed by atoms with van der Waals surface area (Å²) in [5.41, 5.74) is 0.520. The number of methoxy groups -OCH3 is 1. The average molecular weight is 258 g/mol. The summed E-state index contributed by atoms with van der Waals surface area (Å²) in [7, 11) is 1.25. The molecule has 0 aliphatic carbocycles. The molecule has 0 amide bonds. The number of aliphatic hydroxyl groups is 1. The van der Waals surface area contributed by atoms with Gasteiger partial charge in [-0.1, -0.05) is 11.6 Å². The normalized spacial score (nSPS) is 10.8. The number of aliphatic hydroxyl groups excluding tert-OH is 1. The van der Waals surface area contributed by atoms with Gasteiger partial charge in [0.25, 0.3) is 0 Å². The predicted molar refractivity (Wildman–Crippen MR) is 64.0 cm³/mol. The molecule has 0 fully saturated rings. The maximum atomic E-state index is 11.3. The van der Waals surface area contributed by atoms with Crippen LogP contribution in [0.4, 0.5) is 0 Å². The molecule has 0 aliphatic rings. The molecule has 0 heterocycles. The number of aliphatic imine (C=N–C) groups is 1. The number of phenols is 1. The van der Waals surface area contributed by atoms with Crippen LogP contribution >= 0.6 is 11.6 Å². The lowest BCUT2D eigenvalue weighted by Gasteiger charge is -2.05. The van der Waals surface area contributed by atoms with Gasteiger partial charge in [0.05, 0.1) is 30.8 Å². The predicted octanol–water partition coefficient (Wildman–Crippen LogP) is 1.24. The van der Waals surface area contributed by atoms with E-state index in [1.54, 1.807) is 0 Å². The van der Waals surface area contributed by atoms with Crippen LogP contribution in [0.1, 0.15) is 15.9 Å². The molecule has 1 rings (SSSR count). The van der Waals surface area contributed by atoms with Gasteiger partial charge < -0.3 is 14.9 Å². The molecule has 17 heavy (non-hydrogen) atoms. The molecule has 0 aliphatic heterocycles. The summed E-state index contributed by atoms with van der Waals surface area (Å²) in [6.07, 6.45) is 1.34. The number of benzene rings is 1. The number of aromatic hydroxyl groups is 1. The molecule has 1 aromatic rings. The molecule has 92 valence electrons. The van der Waals surface area contributed by atoms with Crippen molar-refractivity contribution in [3.05, 3.63) is 28.3 Å². The van der Waals surface area contributed by atoms with Gasteiger partial charge in [-0.15, -0.1) is 0 Å². The number of esters is 1. The Hall–Kier alpha value is -1.59. The first-order valence-electron chi connectivity index (χ1n) is 4.81. The van der Waals surface area contributed by atoms with Crippen LogP contribution < -0.4 is 0 Å². The molecular weight excluding hydrogens is 246 g/mol. The monoisotopic (exact) mass is 257 g/mol. The third-order valence-corrected chi connectivity index (χ3v) is 2.26. The molecule has 0 radical (unpaired) electrons. The Kier molecular flexibility index (Phi) is 4.93. The van der Waals surface area contributed by atoms with Crippen LogP contribution in [-0.4, -0.2) is 42.7 Å². The van der Waals surface area contributed by atoms with Crippen LogP contribution in [-0.2, 0) is 4.74 Å². The van der Waals surface area contributed by atoms with E-state index in [-0.39, 0.29) is 29.5 Å². The standard InChI is InChI=1S/C11H12ClNO4/c1-17-11(16)7-4-8(6-13-2-3-14)10(15)9(12)5-7/h4-6,14-15H,2-3H2,1H3/b13-6+. The van der Waals surface area contributed by atoms with Crippen LogP contribution in [0.5, 0.6) is 5.75 Å². The fourth-order valence-electron chi connectivity index (χ4n) is 1.18. The summed E-state index contributed by atoms with van der Waals surface area (Å²) in [4.78, 5) is 15.2. The summed E-state index contributed by atoms with van der Waals surface area (Å²) in [6, 6.07) is 2.72. The highest BCUT2D eigenvalue weighted by Gasteiger charge is 2.12. The Morgan fingerprint density at radius 2 is 2.29 bits per heavy atom. The van der Waals surface area contributed by atoms with Crippen LogP contribution in [0.15, 0.2) is 17.1 Å². The molecule has 0 atom stereocenters. The van der Waals surface area contributed by atoms with E-state index < -0.39 is 5.97 Å². The smallest absolute Gasteiger partial charge is 0.337 e. The highest BCUT2D eigenvalue weighted by molar-refractivity contribution is 6.32. The molecule has 6 heteroatoms. The third-order valence-electron chi connectivity index (χ3n) is 1.97. The fourth-order valence-corrected chi connectivity index (χ4v) is 1.40. The molecule has 5 nitrogen and oxygen atoms in total. The largest absolute Gasteiger partial charge is 0.506 e. The second-order valence-corrected chi connectivity index (χ2v) is 3.55. The topological polar surface area (TPSA) is 79.1 Å². The Morgan fingerprint density at radius 1 is 1.59 bits per heavy atom. The van der Waals surface area contributed by atoms with Gasteiger partial charge in [0.15, 0.2) is 0 Å². The van der Waals surface area contributed by atoms with Gasteiger partial charge in [-0.3, -0.25) is 4.99 Å². The molecule has 0 unspecified atom stereocenters. The first-order chi connectivity index (χ1) is 8.10. The highest BCUT2D eigenvalue weighted by Crippen LogP contribution is 2.28. The molecule has 2 N–H and O–H groups in total. The molecule has 0 saturated heterocycles. The maximum absolute atomic E-state index is 11.3. The van der Waals surface area contributed by atoms with Gasteiger partial charge >= 0.3 is 5.97 Å². The van der Waals surface area contributed by atoms with E-state index >= 15 is 0 Å². The zero-order chi connectivity index (χ0) is 12.8. The zero-order valence-corrected chi connectivity index (χ0v) is 9.94. The lowest BCUT2D eigenvalue weighted by Crippen LogP contribution is -2.02. The third kappa shape index (κ3) is 3.44. The van der Waals surface area contributed by atoms with E-state index in [2.05, 4.69) is 9.73 Å². The van der Waals surface area contributed by atoms with Crippen LogP contribution in [0.2, 0.25) is 5.02 Å². The van der Waals surface area contributed by atoms with E-state index in [0.29, 0.717) is 5.56 Å². The summed E-state index contributed by atoms with van der Waals surface area (Å²) >= 11 is 5.76. The number of nitrogens with zero attached hydrogens (tertiary/aromatic N) is 1. The molecular formula is C11H12ClNO4. The Bertz CT molecular complexity index is 445. The van der Waals surface area contributed by atoms with Crippen molar-refractivity contribution in [2.75, 3.05) is 20.3 Å². The number of carbonyl (C=O) groups is 1. The van der Waals surface area contributed by atoms with Gasteiger partial charge in [0, 0.05) is 11.8 Å². The minimum atomic E-state index is -0.552. The molecule has 0 spiro atoms. The minimum absolute atomic E-state index is 0.0401. The van der Waals surface area contributed by atoms with Gasteiger partial charge in [-0.05, 0) is 12.1 Å². The second-order valence-electron chi connectivity index (χ2n) is 3.15. The first-order valence-corrected chi connectivity index (χ1v) is 5.19. The van der Waals surface area contributed by atoms with Crippen molar-refractivity contribution in [2.45, 2.75) is 0 Å². The van der Waals surface area contributed by atoms with E-state index in [9.17, 15) is 9.90 Å². The Morgan fingerprint density at radius 3 is 2.88 bits per heavy atom. The lowest BCUT2D eigenvalue weighted by atomic mass is 10.1. The first kappa shape index (κ1) is 13.5. The van der Waals surface area contributed by atoms with Crippen molar-refractivity contribution in [3.8, 4) is 5.75 Å². The van der Waals surface area contributed by atoms with Gasteiger partial charge in [0.1, 0.15) is 5.75 Å². The summed E-state index contributed by atoms with van der Waals surface area (Å²) in [5.74, 6) is -0.718. The minimum Gasteiger partial charge on any atom is -0.506 e. The van der Waals surface area contributed by atoms with Gasteiger partial charge in [-0.2, -0.15) is 0 Å². The molecule has 1 aromatic carbocycles. The number of hydrogen-bond donors (Lipinski definition) is 2. The average Bonchev–Trinajstić information content (AvgIpc) is 2.33. The number of ether oxygens (including phenoxy) is 1. The quantitative estimate of drug-likeness (QED) is 0.628. The molecule has 0 bridgehead atoms. The van der Waals surface area contributed by atoms with Crippen LogP contribution in [0.3, 0.4) is 0 Å². The van der Waals surface area contributed by atoms with Crippen molar-refractivity contribution < 1.29 is 19.7 Å². The lowest BCUT2D eigenvalue weighted by molar-refractivity contribution is 0.0600. The van der Waals surface area contributed by atoms with Crippen molar-refractivity contribution in [2.24, 2.45) is 4.99 Å². The summed E-state index contributed by atoms with van der Waals surface area (Å²) < 4.78 is 4.55. The van der Waals surface area contributed by atoms with Crippen molar-refractivity contribution in [1.82, 2.24) is 0 Å². The number of phenolic OH excluding ortho intramolecular Hbond substituents is 1. The second kappa shape index (κ2) is 6.22. The number of carbonyl (C=O) groups excluding carboxylic acids is 1. The summed E-state index contributed by atoms with van der Waals surface area (Å²) in [5, 5.41) is 18.3. The van der Waals surface area contributed by atoms with Crippen molar-refractivity contribution >= 4 is 23.8 Å².